The van der Waals surface area contributed by atoms with Crippen molar-refractivity contribution < 1.29 is 58.3 Å². The highest BCUT2D eigenvalue weighted by atomic mass is 32.1. The molecule has 4 aromatic rings. The summed E-state index contributed by atoms with van der Waals surface area (Å²) in [5, 5.41) is 41.6. The van der Waals surface area contributed by atoms with E-state index in [1.165, 1.54) is 38.1 Å². The zero-order valence-corrected chi connectivity index (χ0v) is 27.2. The number of carbonyl (C=O) groups is 6. The Morgan fingerprint density at radius 1 is 0.680 bits per heavy atom. The number of amides is 2. The summed E-state index contributed by atoms with van der Waals surface area (Å²) < 4.78 is 9.85. The maximum absolute atomic E-state index is 12.1. The maximum atomic E-state index is 12.1. The molecule has 2 amide bonds. The number of aliphatic carboxylic acids is 2. The predicted molar refractivity (Wildman–Crippen MR) is 173 cm³/mol. The number of nitro groups is 2. The first-order valence-corrected chi connectivity index (χ1v) is 15.0. The summed E-state index contributed by atoms with van der Waals surface area (Å²) in [6, 6.07) is 12.3. The number of nitrogens with one attached hydrogen (secondary N) is 2. The molecule has 0 unspecified atom stereocenters. The van der Waals surface area contributed by atoms with Gasteiger partial charge >= 0.3 is 33.9 Å². The van der Waals surface area contributed by atoms with E-state index in [0.29, 0.717) is 0 Å². The van der Waals surface area contributed by atoms with Gasteiger partial charge in [0.25, 0.3) is 11.8 Å². The zero-order chi connectivity index (χ0) is 37.4. The minimum Gasteiger partial charge on any atom is -0.481 e. The van der Waals surface area contributed by atoms with Gasteiger partial charge in [-0.1, -0.05) is 24.3 Å². The number of esters is 2. The Labute approximate surface area is 287 Å². The number of anilines is 2. The number of hydrogen-bond donors (Lipinski definition) is 4. The Kier molecular flexibility index (Phi) is 15.2. The van der Waals surface area contributed by atoms with E-state index in [0.717, 1.165) is 35.1 Å². The van der Waals surface area contributed by atoms with Crippen LogP contribution in [-0.4, -0.2) is 65.7 Å². The van der Waals surface area contributed by atoms with Gasteiger partial charge in [-0.05, 0) is 46.9 Å². The van der Waals surface area contributed by atoms with E-state index in [1.54, 1.807) is 24.3 Å². The lowest BCUT2D eigenvalue weighted by molar-refractivity contribution is -0.380. The maximum Gasteiger partial charge on any atom is 0.345 e. The lowest BCUT2D eigenvalue weighted by Gasteiger charge is -2.07. The molecule has 0 radical (unpaired) electrons. The van der Waals surface area contributed by atoms with Crippen molar-refractivity contribution in [3.05, 3.63) is 92.3 Å². The fourth-order valence-electron chi connectivity index (χ4n) is 3.15. The van der Waals surface area contributed by atoms with Crippen molar-refractivity contribution in [3.8, 4) is 11.5 Å². The van der Waals surface area contributed by atoms with E-state index < -0.39 is 45.5 Å². The van der Waals surface area contributed by atoms with Crippen LogP contribution in [0.1, 0.15) is 47.4 Å². The average Bonchev–Trinajstić information content (AvgIpc) is 3.71. The zero-order valence-electron chi connectivity index (χ0n) is 25.6. The van der Waals surface area contributed by atoms with E-state index in [4.69, 9.17) is 19.7 Å². The van der Waals surface area contributed by atoms with E-state index >= 15 is 0 Å². The molecule has 0 aliphatic rings. The van der Waals surface area contributed by atoms with Gasteiger partial charge in [0, 0.05) is 13.8 Å². The number of thiazole rings is 2. The van der Waals surface area contributed by atoms with Gasteiger partial charge in [-0.25, -0.2) is 9.97 Å². The van der Waals surface area contributed by atoms with Crippen LogP contribution in [-0.2, 0) is 19.2 Å². The van der Waals surface area contributed by atoms with Gasteiger partial charge in [-0.15, -0.1) is 0 Å². The molecule has 0 aliphatic heterocycles. The van der Waals surface area contributed by atoms with E-state index in [1.807, 2.05) is 0 Å². The third-order valence-corrected chi connectivity index (χ3v) is 6.84. The quantitative estimate of drug-likeness (QED) is 0.0719. The molecule has 0 aliphatic carbocycles. The number of carboxylic acids is 2. The number of nitrogens with zero attached hydrogens (tertiary/aromatic N) is 4. The van der Waals surface area contributed by atoms with Crippen LogP contribution in [0.5, 0.6) is 11.5 Å². The summed E-state index contributed by atoms with van der Waals surface area (Å²) in [5.74, 6) is -4.20. The molecular weight excluding hydrogens is 708 g/mol. The number of ether oxygens (including phenoxy) is 2. The third-order valence-electron chi connectivity index (χ3n) is 5.11. The molecule has 22 heteroatoms. The topological polar surface area (TPSA) is 297 Å². The van der Waals surface area contributed by atoms with Gasteiger partial charge in [0.15, 0.2) is 10.3 Å². The van der Waals surface area contributed by atoms with Crippen LogP contribution in [0, 0.1) is 20.2 Å². The largest absolute Gasteiger partial charge is 0.481 e. The predicted octanol–water partition coefficient (Wildman–Crippen LogP) is 4.39. The first kappa shape index (κ1) is 39.5. The minimum atomic E-state index is -1.08. The van der Waals surface area contributed by atoms with Crippen LogP contribution in [0.3, 0.4) is 0 Å². The van der Waals surface area contributed by atoms with Gasteiger partial charge in [-0.3, -0.25) is 59.6 Å². The number of aromatic nitrogens is 2. The fourth-order valence-corrected chi connectivity index (χ4v) is 4.41. The van der Waals surface area contributed by atoms with Crippen LogP contribution < -0.4 is 20.1 Å². The Morgan fingerprint density at radius 2 is 1.02 bits per heavy atom. The van der Waals surface area contributed by atoms with Crippen molar-refractivity contribution in [2.75, 3.05) is 10.6 Å². The smallest absolute Gasteiger partial charge is 0.345 e. The average molecular weight is 733 g/mol. The molecular formula is C28H24N6O14S2. The highest BCUT2D eigenvalue weighted by Gasteiger charge is 2.19. The fraction of sp³-hybridized carbons (Fsp3) is 0.143. The summed E-state index contributed by atoms with van der Waals surface area (Å²) in [6.45, 7) is 2.44. The number of rotatable bonds is 11. The summed E-state index contributed by atoms with van der Waals surface area (Å²) in [7, 11) is 0. The Balaban J connectivity index is 0.000000286. The highest BCUT2D eigenvalue weighted by Crippen LogP contribution is 2.28. The molecule has 2 aromatic carbocycles. The molecule has 4 rings (SSSR count). The molecule has 4 N–H and O–H groups in total. The van der Waals surface area contributed by atoms with Crippen LogP contribution in [0.25, 0.3) is 0 Å². The van der Waals surface area contributed by atoms with Crippen molar-refractivity contribution in [3.63, 3.8) is 0 Å². The second kappa shape index (κ2) is 19.2. The highest BCUT2D eigenvalue weighted by molar-refractivity contribution is 7.19. The monoisotopic (exact) mass is 732 g/mol. The van der Waals surface area contributed by atoms with Crippen LogP contribution in [0.4, 0.5) is 20.3 Å². The normalized spacial score (nSPS) is 9.72. The molecule has 262 valence electrons. The molecule has 0 spiro atoms. The van der Waals surface area contributed by atoms with Gasteiger partial charge < -0.3 is 19.7 Å². The van der Waals surface area contributed by atoms with Gasteiger partial charge in [0.2, 0.25) is 0 Å². The van der Waals surface area contributed by atoms with E-state index in [2.05, 4.69) is 20.6 Å². The molecule has 0 saturated carbocycles. The van der Waals surface area contributed by atoms with Crippen LogP contribution >= 0.6 is 22.7 Å². The van der Waals surface area contributed by atoms with Crippen molar-refractivity contribution in [1.82, 2.24) is 9.97 Å². The Bertz CT molecular complexity index is 1770. The Hall–Kier alpha value is -6.68. The SMILES string of the molecule is CC(=O)Oc1ccccc1C(=O)Nc1ncc([N+](=O)[O-])s1.CC(=O)Oc1ccccc1C(=O)Nc1ncc([N+](=O)[O-])s1.O=C(O)CCC(=O)O. The van der Waals surface area contributed by atoms with Gasteiger partial charge in [0.05, 0.1) is 33.8 Å². The first-order chi connectivity index (χ1) is 23.6. The van der Waals surface area contributed by atoms with E-state index in [9.17, 15) is 49.0 Å². The number of hydrogen-bond acceptors (Lipinski definition) is 16. The number of para-hydroxylation sites is 2. The molecule has 2 heterocycles. The van der Waals surface area contributed by atoms with Crippen molar-refractivity contribution in [1.29, 1.82) is 0 Å². The standard InChI is InChI=1S/2C12H9N3O5S.C4H6O4/c2*1-7(16)20-9-5-3-2-4-8(9)11(17)14-12-13-6-10(21-12)15(18)19;5-3(6)1-2-4(7)8/h2*2-6H,1H3,(H,13,14,17);1-2H2,(H,5,6)(H,7,8). The molecule has 20 nitrogen and oxygen atoms in total. The summed E-state index contributed by atoms with van der Waals surface area (Å²) in [4.78, 5) is 92.8. The van der Waals surface area contributed by atoms with Crippen molar-refractivity contribution in [2.24, 2.45) is 0 Å². The molecule has 0 bridgehead atoms. The molecule has 0 atom stereocenters. The summed E-state index contributed by atoms with van der Waals surface area (Å²) in [6.07, 6.45) is 1.52. The van der Waals surface area contributed by atoms with E-state index in [-0.39, 0.29) is 55.7 Å². The molecule has 0 fully saturated rings. The summed E-state index contributed by atoms with van der Waals surface area (Å²) >= 11 is 1.47. The van der Waals surface area contributed by atoms with Crippen molar-refractivity contribution >= 4 is 78.6 Å². The molecule has 50 heavy (non-hydrogen) atoms. The molecule has 0 saturated heterocycles. The Morgan fingerprint density at radius 3 is 1.30 bits per heavy atom. The van der Waals surface area contributed by atoms with Gasteiger partial charge in [-0.2, -0.15) is 0 Å². The second-order valence-corrected chi connectivity index (χ2v) is 10.9. The number of carbonyl (C=O) groups excluding carboxylic acids is 4. The van der Waals surface area contributed by atoms with Gasteiger partial charge in [0.1, 0.15) is 23.9 Å². The van der Waals surface area contributed by atoms with Crippen molar-refractivity contribution in [2.45, 2.75) is 26.7 Å². The second-order valence-electron chi connectivity index (χ2n) is 8.90. The summed E-state index contributed by atoms with van der Waals surface area (Å²) in [5.41, 5.74) is 0.260. The lowest BCUT2D eigenvalue weighted by Crippen LogP contribution is -2.14. The van der Waals surface area contributed by atoms with Crippen LogP contribution in [0.15, 0.2) is 60.9 Å². The minimum absolute atomic E-state index is 0.0873. The van der Waals surface area contributed by atoms with Crippen LogP contribution in [0.2, 0.25) is 0 Å². The third kappa shape index (κ3) is 13.6. The molecule has 2 aromatic heterocycles. The number of benzene rings is 2. The lowest BCUT2D eigenvalue weighted by atomic mass is 10.2. The number of carboxylic acid groups (broad SMARTS) is 2. The first-order valence-electron chi connectivity index (χ1n) is 13.4.